The number of hydrogen-bond acceptors (Lipinski definition) is 3. The third-order valence-corrected chi connectivity index (χ3v) is 4.94. The van der Waals surface area contributed by atoms with Gasteiger partial charge in [0.05, 0.1) is 11.2 Å². The molecule has 0 unspecified atom stereocenters. The number of rotatable bonds is 2. The first-order valence-corrected chi connectivity index (χ1v) is 8.83. The molecule has 0 radical (unpaired) electrons. The van der Waals surface area contributed by atoms with Crippen LogP contribution in [0.5, 0.6) is 0 Å². The molecule has 3 nitrogen and oxygen atoms in total. The number of aryl methyl sites for hydroxylation is 1. The van der Waals surface area contributed by atoms with Gasteiger partial charge in [-0.2, -0.15) is 0 Å². The fraction of sp³-hybridized carbons (Fsp3) is 0.333. The van der Waals surface area contributed by atoms with Crippen LogP contribution in [0.1, 0.15) is 31.7 Å². The Hall–Kier alpha value is -2.42. The van der Waals surface area contributed by atoms with Crippen LogP contribution in [0, 0.1) is 6.92 Å². The van der Waals surface area contributed by atoms with Gasteiger partial charge in [0.15, 0.2) is 0 Å². The Morgan fingerprint density at radius 3 is 2.71 bits per heavy atom. The highest BCUT2D eigenvalue weighted by Gasteiger charge is 2.22. The molecule has 0 aliphatic carbocycles. The van der Waals surface area contributed by atoms with E-state index in [-0.39, 0.29) is 0 Å². The summed E-state index contributed by atoms with van der Waals surface area (Å²) >= 11 is 0. The summed E-state index contributed by atoms with van der Waals surface area (Å²) in [5.74, 6) is 0.873. The molecule has 1 fully saturated rings. The van der Waals surface area contributed by atoms with Crippen molar-refractivity contribution in [1.82, 2.24) is 9.97 Å². The summed E-state index contributed by atoms with van der Waals surface area (Å²) in [6.45, 7) is 5.46. The number of hydrogen-bond donors (Lipinski definition) is 0. The van der Waals surface area contributed by atoms with E-state index in [0.29, 0.717) is 6.04 Å². The van der Waals surface area contributed by atoms with Gasteiger partial charge < -0.3 is 4.90 Å². The molecule has 122 valence electrons. The molecular formula is C21H23N3. The molecule has 0 spiro atoms. The largest absolute Gasteiger partial charge is 0.338 e. The van der Waals surface area contributed by atoms with Crippen molar-refractivity contribution in [1.29, 1.82) is 0 Å². The van der Waals surface area contributed by atoms with Crippen molar-refractivity contribution in [2.45, 2.75) is 39.2 Å². The van der Waals surface area contributed by atoms with Gasteiger partial charge in [-0.05, 0) is 45.2 Å². The zero-order valence-electron chi connectivity index (χ0n) is 14.4. The van der Waals surface area contributed by atoms with E-state index in [1.165, 1.54) is 30.4 Å². The molecule has 1 atom stereocenters. The maximum Gasteiger partial charge on any atom is 0.226 e. The van der Waals surface area contributed by atoms with Crippen LogP contribution in [0.4, 0.5) is 5.95 Å². The lowest BCUT2D eigenvalue weighted by atomic mass is 10.0. The lowest BCUT2D eigenvalue weighted by Crippen LogP contribution is -2.38. The van der Waals surface area contributed by atoms with Gasteiger partial charge in [0, 0.05) is 23.5 Å². The lowest BCUT2D eigenvalue weighted by molar-refractivity contribution is 0.478. The molecule has 2 heterocycles. The minimum atomic E-state index is 0.505. The predicted molar refractivity (Wildman–Crippen MR) is 100 cm³/mol. The van der Waals surface area contributed by atoms with Crippen molar-refractivity contribution >= 4 is 16.9 Å². The quantitative estimate of drug-likeness (QED) is 0.667. The molecule has 0 bridgehead atoms. The molecule has 1 saturated heterocycles. The average molecular weight is 317 g/mol. The fourth-order valence-electron chi connectivity index (χ4n) is 3.60. The topological polar surface area (TPSA) is 29.0 Å². The van der Waals surface area contributed by atoms with Crippen LogP contribution in [-0.2, 0) is 0 Å². The highest BCUT2D eigenvalue weighted by Crippen LogP contribution is 2.30. The van der Waals surface area contributed by atoms with E-state index >= 15 is 0 Å². The Kier molecular flexibility index (Phi) is 3.93. The summed E-state index contributed by atoms with van der Waals surface area (Å²) in [5, 5.41) is 1.12. The van der Waals surface area contributed by atoms with Crippen LogP contribution in [-0.4, -0.2) is 22.6 Å². The normalized spacial score (nSPS) is 18.1. The number of fused-ring (bicyclic) bond motifs is 1. The number of benzene rings is 2. The minimum absolute atomic E-state index is 0.505. The van der Waals surface area contributed by atoms with Gasteiger partial charge in [0.1, 0.15) is 0 Å². The third kappa shape index (κ3) is 2.75. The van der Waals surface area contributed by atoms with Gasteiger partial charge in [0.25, 0.3) is 0 Å². The zero-order valence-corrected chi connectivity index (χ0v) is 14.4. The van der Waals surface area contributed by atoms with Gasteiger partial charge >= 0.3 is 0 Å². The van der Waals surface area contributed by atoms with Crippen LogP contribution < -0.4 is 4.90 Å². The fourth-order valence-corrected chi connectivity index (χ4v) is 3.60. The monoisotopic (exact) mass is 317 g/mol. The number of nitrogens with zero attached hydrogens (tertiary/aromatic N) is 3. The highest BCUT2D eigenvalue weighted by atomic mass is 15.3. The summed E-state index contributed by atoms with van der Waals surface area (Å²) < 4.78 is 0. The van der Waals surface area contributed by atoms with Gasteiger partial charge in [0.2, 0.25) is 5.95 Å². The SMILES string of the molecule is Cc1cccc(-c2nc(N3CCCC[C@H]3C)nc3ccccc23)c1. The number of aromatic nitrogens is 2. The second-order valence-electron chi connectivity index (χ2n) is 6.80. The smallest absolute Gasteiger partial charge is 0.226 e. The van der Waals surface area contributed by atoms with Gasteiger partial charge in [-0.25, -0.2) is 9.97 Å². The van der Waals surface area contributed by atoms with Crippen molar-refractivity contribution < 1.29 is 0 Å². The van der Waals surface area contributed by atoms with Crippen molar-refractivity contribution in [3.63, 3.8) is 0 Å². The first-order valence-electron chi connectivity index (χ1n) is 8.83. The molecule has 1 aliphatic rings. The molecule has 1 aromatic heterocycles. The van der Waals surface area contributed by atoms with Crippen LogP contribution in [0.2, 0.25) is 0 Å². The van der Waals surface area contributed by atoms with E-state index in [1.807, 2.05) is 0 Å². The van der Waals surface area contributed by atoms with Crippen molar-refractivity contribution in [2.75, 3.05) is 11.4 Å². The maximum absolute atomic E-state index is 5.00. The number of piperidine rings is 1. The van der Waals surface area contributed by atoms with Gasteiger partial charge in [-0.15, -0.1) is 0 Å². The summed E-state index contributed by atoms with van der Waals surface area (Å²) in [5.41, 5.74) is 4.48. The molecule has 24 heavy (non-hydrogen) atoms. The van der Waals surface area contributed by atoms with E-state index in [9.17, 15) is 0 Å². The predicted octanol–water partition coefficient (Wildman–Crippen LogP) is 4.98. The van der Waals surface area contributed by atoms with Crippen molar-refractivity contribution in [3.05, 3.63) is 54.1 Å². The number of para-hydroxylation sites is 1. The molecule has 2 aromatic carbocycles. The third-order valence-electron chi connectivity index (χ3n) is 4.94. The van der Waals surface area contributed by atoms with E-state index in [0.717, 1.165) is 29.1 Å². The standard InChI is InChI=1S/C21H23N3/c1-15-8-7-10-17(14-15)20-18-11-3-4-12-19(18)22-21(23-20)24-13-6-5-9-16(24)2/h3-4,7-8,10-12,14,16H,5-6,9,13H2,1-2H3/t16-/m1/s1. The summed E-state index contributed by atoms with van der Waals surface area (Å²) in [7, 11) is 0. The first-order chi connectivity index (χ1) is 11.7. The molecule has 1 aliphatic heterocycles. The van der Waals surface area contributed by atoms with Crippen LogP contribution in [0.15, 0.2) is 48.5 Å². The summed E-state index contributed by atoms with van der Waals surface area (Å²) in [6, 6.07) is 17.4. The molecule has 3 aromatic rings. The molecule has 0 saturated carbocycles. The minimum Gasteiger partial charge on any atom is -0.338 e. The Balaban J connectivity index is 1.91. The number of anilines is 1. The Bertz CT molecular complexity index is 872. The lowest BCUT2D eigenvalue weighted by Gasteiger charge is -2.33. The summed E-state index contributed by atoms with van der Waals surface area (Å²) in [4.78, 5) is 12.2. The molecule has 0 N–H and O–H groups in total. The second kappa shape index (κ2) is 6.23. The van der Waals surface area contributed by atoms with E-state index < -0.39 is 0 Å². The molecule has 4 rings (SSSR count). The van der Waals surface area contributed by atoms with E-state index in [1.54, 1.807) is 0 Å². The molecular weight excluding hydrogens is 294 g/mol. The highest BCUT2D eigenvalue weighted by molar-refractivity contribution is 5.93. The van der Waals surface area contributed by atoms with Crippen molar-refractivity contribution in [2.24, 2.45) is 0 Å². The second-order valence-corrected chi connectivity index (χ2v) is 6.80. The molecule has 0 amide bonds. The summed E-state index contributed by atoms with van der Waals surface area (Å²) in [6.07, 6.45) is 3.74. The van der Waals surface area contributed by atoms with Gasteiger partial charge in [-0.1, -0.05) is 42.0 Å². The Labute approximate surface area is 143 Å². The Morgan fingerprint density at radius 2 is 1.88 bits per heavy atom. The zero-order chi connectivity index (χ0) is 16.5. The maximum atomic E-state index is 5.00. The van der Waals surface area contributed by atoms with Crippen LogP contribution in [0.3, 0.4) is 0 Å². The average Bonchev–Trinajstić information content (AvgIpc) is 2.61. The first kappa shape index (κ1) is 15.1. The van der Waals surface area contributed by atoms with Crippen molar-refractivity contribution in [3.8, 4) is 11.3 Å². The van der Waals surface area contributed by atoms with Crippen LogP contribution >= 0.6 is 0 Å². The van der Waals surface area contributed by atoms with Crippen LogP contribution in [0.25, 0.3) is 22.2 Å². The van der Waals surface area contributed by atoms with E-state index in [2.05, 4.69) is 67.3 Å². The Morgan fingerprint density at radius 1 is 1.00 bits per heavy atom. The van der Waals surface area contributed by atoms with Gasteiger partial charge in [-0.3, -0.25) is 0 Å². The van der Waals surface area contributed by atoms with E-state index in [4.69, 9.17) is 9.97 Å². The molecule has 3 heteroatoms.